The summed E-state index contributed by atoms with van der Waals surface area (Å²) in [4.78, 5) is 47.6. The summed E-state index contributed by atoms with van der Waals surface area (Å²) >= 11 is -0.440. The second-order valence-corrected chi connectivity index (χ2v) is 14.7. The van der Waals surface area contributed by atoms with Crippen LogP contribution in [0, 0.1) is 11.8 Å². The summed E-state index contributed by atoms with van der Waals surface area (Å²) in [5.74, 6) is -0.910. The van der Waals surface area contributed by atoms with Crippen molar-refractivity contribution in [1.82, 2.24) is 0 Å². The van der Waals surface area contributed by atoms with Gasteiger partial charge >= 0.3 is 260 Å². The second-order valence-electron chi connectivity index (χ2n) is 10.2. The van der Waals surface area contributed by atoms with Gasteiger partial charge < -0.3 is 0 Å². The molecule has 1 aliphatic carbocycles. The van der Waals surface area contributed by atoms with Crippen LogP contribution >= 0.6 is 0 Å². The Labute approximate surface area is 259 Å². The molecule has 1 saturated carbocycles. The van der Waals surface area contributed by atoms with E-state index in [2.05, 4.69) is 0 Å². The number of benzene rings is 2. The molecule has 5 rings (SSSR count). The van der Waals surface area contributed by atoms with Crippen molar-refractivity contribution in [3.8, 4) is 23.0 Å². The molecule has 10 nitrogen and oxygen atoms in total. The van der Waals surface area contributed by atoms with E-state index in [4.69, 9.17) is 24.1 Å². The molecule has 0 saturated heterocycles. The van der Waals surface area contributed by atoms with Crippen molar-refractivity contribution in [3.63, 3.8) is 0 Å². The zero-order chi connectivity index (χ0) is 30.7. The van der Waals surface area contributed by atoms with E-state index in [9.17, 15) is 24.3 Å². The van der Waals surface area contributed by atoms with Crippen molar-refractivity contribution in [2.24, 2.45) is 11.8 Å². The van der Waals surface area contributed by atoms with Gasteiger partial charge in [0.05, 0.1) is 0 Å². The molecular weight excluding hydrogens is 690 g/mol. The van der Waals surface area contributed by atoms with Gasteiger partial charge in [-0.25, -0.2) is 0 Å². The number of fused-ring (bicyclic) bond motifs is 2. The molecule has 0 spiro atoms. The van der Waals surface area contributed by atoms with Gasteiger partial charge in [0.25, 0.3) is 0 Å². The number of carbonyl (C=O) groups excluding carboxylic acids is 2. The molecule has 12 heteroatoms. The Morgan fingerprint density at radius 2 is 1.26 bits per heavy atom. The third kappa shape index (κ3) is 6.83. The Bertz CT molecular complexity index is 1700. The Morgan fingerprint density at radius 1 is 0.721 bits per heavy atom. The van der Waals surface area contributed by atoms with E-state index in [1.54, 1.807) is 20.3 Å². The SMILES string of the molecule is COc1cc2[se]c(C(=O)CCC(=O)O)cc2cc1OCCCOc1cc2cc(C(=O)C3CCC3C(=O)O)[se]c2cc1OC. The number of carboxylic acid groups (broad SMARTS) is 2. The number of ether oxygens (including phenoxy) is 4. The van der Waals surface area contributed by atoms with Crippen LogP contribution in [0.15, 0.2) is 36.4 Å². The van der Waals surface area contributed by atoms with Crippen molar-refractivity contribution in [2.75, 3.05) is 27.4 Å². The van der Waals surface area contributed by atoms with Crippen molar-refractivity contribution in [3.05, 3.63) is 45.3 Å². The summed E-state index contributed by atoms with van der Waals surface area (Å²) in [6, 6.07) is 11.1. The average Bonchev–Trinajstić information content (AvgIpc) is 3.57. The fourth-order valence-electron chi connectivity index (χ4n) is 4.96. The average molecular weight is 720 g/mol. The van der Waals surface area contributed by atoms with Crippen LogP contribution in [0.1, 0.15) is 50.6 Å². The van der Waals surface area contributed by atoms with Crippen molar-refractivity contribution >= 4 is 71.8 Å². The predicted octanol–water partition coefficient (Wildman–Crippen LogP) is 4.31. The zero-order valence-corrected chi connectivity index (χ0v) is 27.0. The maximum absolute atomic E-state index is 13.0. The number of methoxy groups -OCH3 is 2. The fraction of sp³-hybridized carbons (Fsp3) is 0.355. The van der Waals surface area contributed by atoms with Crippen molar-refractivity contribution < 1.29 is 48.3 Å². The molecule has 0 aliphatic heterocycles. The number of carbonyl (C=O) groups is 4. The van der Waals surface area contributed by atoms with E-state index < -0.39 is 23.8 Å². The van der Waals surface area contributed by atoms with Gasteiger partial charge in [-0.05, 0) is 0 Å². The Hall–Kier alpha value is -3.56. The summed E-state index contributed by atoms with van der Waals surface area (Å²) in [6.07, 6.45) is 1.51. The molecule has 0 amide bonds. The molecule has 2 aromatic carbocycles. The predicted molar refractivity (Wildman–Crippen MR) is 160 cm³/mol. The van der Waals surface area contributed by atoms with Crippen LogP contribution in [0.25, 0.3) is 19.3 Å². The molecule has 1 aliphatic rings. The number of ketones is 2. The quantitative estimate of drug-likeness (QED) is 0.104. The summed E-state index contributed by atoms with van der Waals surface area (Å²) in [5.41, 5.74) is 0. The van der Waals surface area contributed by atoms with Crippen LogP contribution in [0.2, 0.25) is 0 Å². The monoisotopic (exact) mass is 722 g/mol. The van der Waals surface area contributed by atoms with E-state index >= 15 is 0 Å². The zero-order valence-electron chi connectivity index (χ0n) is 23.5. The summed E-state index contributed by atoms with van der Waals surface area (Å²) in [7, 11) is 3.11. The van der Waals surface area contributed by atoms with Crippen LogP contribution < -0.4 is 18.9 Å². The number of rotatable bonds is 15. The number of aliphatic carboxylic acids is 2. The molecular formula is C31H30O10Se2. The molecule has 2 N–H and O–H groups in total. The summed E-state index contributed by atoms with van der Waals surface area (Å²) < 4.78 is 26.4. The van der Waals surface area contributed by atoms with Gasteiger partial charge in [0.1, 0.15) is 0 Å². The van der Waals surface area contributed by atoms with Crippen molar-refractivity contribution in [2.45, 2.75) is 32.1 Å². The fourth-order valence-corrected chi connectivity index (χ4v) is 9.40. The topological polar surface area (TPSA) is 146 Å². The molecule has 4 aromatic rings. The van der Waals surface area contributed by atoms with E-state index in [1.807, 2.05) is 30.3 Å². The molecule has 0 radical (unpaired) electrons. The Kier molecular flexibility index (Phi) is 9.61. The van der Waals surface area contributed by atoms with Gasteiger partial charge in [0.2, 0.25) is 0 Å². The summed E-state index contributed by atoms with van der Waals surface area (Å²) in [5, 5.41) is 20.0. The Balaban J connectivity index is 1.20. The second kappa shape index (κ2) is 13.4. The third-order valence-corrected chi connectivity index (χ3v) is 12.1. The van der Waals surface area contributed by atoms with Gasteiger partial charge in [0.15, 0.2) is 0 Å². The first-order chi connectivity index (χ1) is 20.7. The molecule has 43 heavy (non-hydrogen) atoms. The van der Waals surface area contributed by atoms with Gasteiger partial charge in [-0.15, -0.1) is 0 Å². The van der Waals surface area contributed by atoms with Crippen LogP contribution in [-0.2, 0) is 9.59 Å². The van der Waals surface area contributed by atoms with E-state index in [0.29, 0.717) is 64.3 Å². The minimum absolute atomic E-state index is 0.0173. The molecule has 1 fully saturated rings. The first-order valence-electron chi connectivity index (χ1n) is 13.7. The number of hydrogen-bond donors (Lipinski definition) is 2. The van der Waals surface area contributed by atoms with Gasteiger partial charge in [-0.2, -0.15) is 0 Å². The number of Topliss-reactive ketones (excluding diaryl/α,β-unsaturated/α-hetero) is 2. The van der Waals surface area contributed by atoms with Crippen LogP contribution in [0.4, 0.5) is 0 Å². The first-order valence-corrected chi connectivity index (χ1v) is 17.1. The van der Waals surface area contributed by atoms with Gasteiger partial charge in [-0.1, -0.05) is 0 Å². The molecule has 2 aromatic heterocycles. The molecule has 226 valence electrons. The van der Waals surface area contributed by atoms with Gasteiger partial charge in [0, 0.05) is 0 Å². The normalized spacial score (nSPS) is 16.0. The molecule has 2 unspecified atom stereocenters. The first kappa shape index (κ1) is 30.9. The van der Waals surface area contributed by atoms with E-state index in [-0.39, 0.29) is 53.4 Å². The maximum atomic E-state index is 13.0. The number of carboxylic acids is 2. The van der Waals surface area contributed by atoms with E-state index in [1.165, 1.54) is 0 Å². The molecule has 2 heterocycles. The van der Waals surface area contributed by atoms with Crippen LogP contribution in [0.3, 0.4) is 0 Å². The Morgan fingerprint density at radius 3 is 1.74 bits per heavy atom. The van der Waals surface area contributed by atoms with Crippen LogP contribution in [-0.4, -0.2) is 90.2 Å². The minimum atomic E-state index is -0.993. The standard InChI is InChI=1S/C31H30O10Se2/c1-38-21-14-25-16(12-27(42-25)20(32)6-7-29(33)34)10-23(21)40-8-3-9-41-24-11-17-13-28(43-26(17)15-22(24)39-2)30(35)18-4-5-19(18)31(36)37/h10-15,18-19H,3-9H2,1-2H3,(H,33,34)(H,36,37). The van der Waals surface area contributed by atoms with Gasteiger partial charge in [-0.3, -0.25) is 0 Å². The van der Waals surface area contributed by atoms with E-state index in [0.717, 1.165) is 19.3 Å². The van der Waals surface area contributed by atoms with Crippen molar-refractivity contribution in [1.29, 1.82) is 0 Å². The third-order valence-electron chi connectivity index (χ3n) is 7.42. The van der Waals surface area contributed by atoms with Crippen LogP contribution in [0.5, 0.6) is 23.0 Å². The summed E-state index contributed by atoms with van der Waals surface area (Å²) in [6.45, 7) is 0.687. The molecule has 0 bridgehead atoms. The number of hydrogen-bond acceptors (Lipinski definition) is 8. The molecule has 2 atom stereocenters.